The van der Waals surface area contributed by atoms with Gasteiger partial charge in [-0.25, -0.2) is 4.79 Å². The molecule has 1 fully saturated rings. The van der Waals surface area contributed by atoms with Gasteiger partial charge in [0.15, 0.2) is 0 Å². The van der Waals surface area contributed by atoms with Crippen molar-refractivity contribution in [3.63, 3.8) is 0 Å². The molecule has 0 saturated carbocycles. The minimum absolute atomic E-state index is 0.0283. The van der Waals surface area contributed by atoms with Gasteiger partial charge < -0.3 is 14.6 Å². The Morgan fingerprint density at radius 1 is 0.853 bits per heavy atom. The van der Waals surface area contributed by atoms with Crippen LogP contribution >= 0.6 is 0 Å². The highest BCUT2D eigenvalue weighted by Gasteiger charge is 2.25. The summed E-state index contributed by atoms with van der Waals surface area (Å²) in [5, 5.41) is 19.7. The Hall–Kier alpha value is -3.77. The number of benzene rings is 3. The maximum atomic E-state index is 11.9. The largest absolute Gasteiger partial charge is 0.508 e. The molecule has 4 aromatic rings. The minimum atomic E-state index is -0.283. The predicted molar refractivity (Wildman–Crippen MR) is 130 cm³/mol. The molecule has 0 unspecified atom stereocenters. The maximum Gasteiger partial charge on any atom is 0.419 e. The molecule has 174 valence electrons. The number of hydrogen-bond acceptors (Lipinski definition) is 5. The van der Waals surface area contributed by atoms with E-state index in [2.05, 4.69) is 29.2 Å². The monoisotopic (exact) mass is 456 g/mol. The first-order valence-corrected chi connectivity index (χ1v) is 11.6. The SMILES string of the molecule is O=c1occn1C1CCN(Cc2ccccc2C(c2ccc(O)cc2)c2ccc(O)cc2)CC1. The molecule has 1 saturated heterocycles. The molecule has 34 heavy (non-hydrogen) atoms. The van der Waals surface area contributed by atoms with Crippen molar-refractivity contribution < 1.29 is 14.6 Å². The smallest absolute Gasteiger partial charge is 0.419 e. The van der Waals surface area contributed by atoms with Crippen LogP contribution in [0.4, 0.5) is 0 Å². The summed E-state index contributed by atoms with van der Waals surface area (Å²) in [6, 6.07) is 23.3. The van der Waals surface area contributed by atoms with Gasteiger partial charge in [0.05, 0.1) is 0 Å². The lowest BCUT2D eigenvalue weighted by Gasteiger charge is -2.33. The Morgan fingerprint density at radius 2 is 1.44 bits per heavy atom. The Bertz CT molecular complexity index is 1240. The number of phenols is 2. The molecule has 1 aromatic heterocycles. The van der Waals surface area contributed by atoms with E-state index < -0.39 is 0 Å². The van der Waals surface area contributed by atoms with E-state index in [1.54, 1.807) is 35.0 Å². The molecule has 0 radical (unpaired) electrons. The zero-order valence-corrected chi connectivity index (χ0v) is 18.9. The third kappa shape index (κ3) is 4.63. The number of nitrogens with zero attached hydrogens (tertiary/aromatic N) is 2. The second-order valence-electron chi connectivity index (χ2n) is 8.90. The van der Waals surface area contributed by atoms with E-state index in [0.717, 1.165) is 43.6 Å². The van der Waals surface area contributed by atoms with Crippen molar-refractivity contribution in [1.29, 1.82) is 0 Å². The van der Waals surface area contributed by atoms with Gasteiger partial charge >= 0.3 is 5.76 Å². The van der Waals surface area contributed by atoms with Gasteiger partial charge in [-0.1, -0.05) is 48.5 Å². The van der Waals surface area contributed by atoms with Crippen LogP contribution in [-0.4, -0.2) is 32.8 Å². The molecule has 0 spiro atoms. The van der Waals surface area contributed by atoms with Crippen LogP contribution in [-0.2, 0) is 6.54 Å². The molecule has 6 heteroatoms. The van der Waals surface area contributed by atoms with Crippen LogP contribution in [0, 0.1) is 0 Å². The van der Waals surface area contributed by atoms with Crippen LogP contribution in [0.15, 0.2) is 94.5 Å². The molecule has 5 rings (SSSR count). The van der Waals surface area contributed by atoms with Gasteiger partial charge in [-0.05, 0) is 59.4 Å². The van der Waals surface area contributed by atoms with Crippen LogP contribution in [0.5, 0.6) is 11.5 Å². The third-order valence-corrected chi connectivity index (χ3v) is 6.76. The van der Waals surface area contributed by atoms with Gasteiger partial charge in [-0.2, -0.15) is 0 Å². The molecule has 1 aliphatic rings. The quantitative estimate of drug-likeness (QED) is 0.405. The molecule has 0 atom stereocenters. The molecule has 0 aliphatic carbocycles. The lowest BCUT2D eigenvalue weighted by Crippen LogP contribution is -2.36. The fourth-order valence-electron chi connectivity index (χ4n) is 4.99. The predicted octanol–water partition coefficient (Wildman–Crippen LogP) is 4.87. The minimum Gasteiger partial charge on any atom is -0.508 e. The summed E-state index contributed by atoms with van der Waals surface area (Å²) >= 11 is 0. The van der Waals surface area contributed by atoms with Crippen molar-refractivity contribution >= 4 is 0 Å². The van der Waals surface area contributed by atoms with Crippen LogP contribution in [0.2, 0.25) is 0 Å². The summed E-state index contributed by atoms with van der Waals surface area (Å²) in [7, 11) is 0. The molecule has 0 bridgehead atoms. The van der Waals surface area contributed by atoms with E-state index in [4.69, 9.17) is 4.42 Å². The Kier molecular flexibility index (Phi) is 6.23. The highest BCUT2D eigenvalue weighted by Crippen LogP contribution is 2.36. The Balaban J connectivity index is 1.42. The van der Waals surface area contributed by atoms with Crippen molar-refractivity contribution in [2.75, 3.05) is 13.1 Å². The first-order chi connectivity index (χ1) is 16.6. The van der Waals surface area contributed by atoms with Crippen molar-refractivity contribution in [1.82, 2.24) is 9.47 Å². The highest BCUT2D eigenvalue weighted by molar-refractivity contribution is 5.48. The summed E-state index contributed by atoms with van der Waals surface area (Å²) in [6.45, 7) is 2.62. The average Bonchev–Trinajstić information content (AvgIpc) is 3.29. The van der Waals surface area contributed by atoms with Gasteiger partial charge in [-0.3, -0.25) is 9.47 Å². The lowest BCUT2D eigenvalue weighted by molar-refractivity contribution is 0.175. The normalized spacial score (nSPS) is 15.1. The molecular formula is C28H28N2O4. The molecule has 0 amide bonds. The van der Waals surface area contributed by atoms with E-state index in [1.165, 1.54) is 17.4 Å². The van der Waals surface area contributed by atoms with E-state index >= 15 is 0 Å². The summed E-state index contributed by atoms with van der Waals surface area (Å²) in [5.41, 5.74) is 4.60. The number of aromatic hydroxyl groups is 2. The fourth-order valence-corrected chi connectivity index (χ4v) is 4.99. The number of likely N-dealkylation sites (tertiary alicyclic amines) is 1. The summed E-state index contributed by atoms with van der Waals surface area (Å²) in [4.78, 5) is 14.3. The van der Waals surface area contributed by atoms with E-state index in [9.17, 15) is 15.0 Å². The number of rotatable bonds is 6. The topological polar surface area (TPSA) is 78.8 Å². The van der Waals surface area contributed by atoms with Gasteiger partial charge in [0, 0.05) is 37.8 Å². The number of hydrogen-bond donors (Lipinski definition) is 2. The Morgan fingerprint density at radius 3 is 2.00 bits per heavy atom. The van der Waals surface area contributed by atoms with E-state index in [-0.39, 0.29) is 29.2 Å². The van der Waals surface area contributed by atoms with Crippen LogP contribution in [0.25, 0.3) is 0 Å². The Labute approximate surface area is 198 Å². The van der Waals surface area contributed by atoms with Gasteiger partial charge in [0.1, 0.15) is 17.8 Å². The molecule has 2 heterocycles. The summed E-state index contributed by atoms with van der Waals surface area (Å²) in [6.07, 6.45) is 5.00. The molecule has 6 nitrogen and oxygen atoms in total. The lowest BCUT2D eigenvalue weighted by atomic mass is 9.82. The molecule has 2 N–H and O–H groups in total. The van der Waals surface area contributed by atoms with Gasteiger partial charge in [-0.15, -0.1) is 0 Å². The molecular weight excluding hydrogens is 428 g/mol. The van der Waals surface area contributed by atoms with Crippen LogP contribution in [0.3, 0.4) is 0 Å². The van der Waals surface area contributed by atoms with E-state index in [1.807, 2.05) is 24.3 Å². The van der Waals surface area contributed by atoms with Crippen molar-refractivity contribution in [3.8, 4) is 11.5 Å². The first-order valence-electron chi connectivity index (χ1n) is 11.6. The second kappa shape index (κ2) is 9.61. The number of aromatic nitrogens is 1. The zero-order chi connectivity index (χ0) is 23.5. The highest BCUT2D eigenvalue weighted by atomic mass is 16.4. The van der Waals surface area contributed by atoms with Crippen LogP contribution in [0.1, 0.15) is 47.1 Å². The first kappa shape index (κ1) is 22.0. The van der Waals surface area contributed by atoms with Gasteiger partial charge in [0.2, 0.25) is 0 Å². The zero-order valence-electron chi connectivity index (χ0n) is 18.9. The van der Waals surface area contributed by atoms with Crippen LogP contribution < -0.4 is 5.76 Å². The number of phenolic OH excluding ortho intramolecular Hbond substituents is 2. The van der Waals surface area contributed by atoms with Crippen molar-refractivity contribution in [2.45, 2.75) is 31.3 Å². The number of oxazole rings is 1. The van der Waals surface area contributed by atoms with E-state index in [0.29, 0.717) is 0 Å². The standard InChI is InChI=1S/C28H28N2O4/c31-24-9-5-20(6-10-24)27(21-7-11-25(32)12-8-21)26-4-2-1-3-22(26)19-29-15-13-23(14-16-29)30-17-18-34-28(30)33/h1-12,17-18,23,27,31-32H,13-16,19H2. The van der Waals surface area contributed by atoms with Crippen molar-refractivity contribution in [2.24, 2.45) is 0 Å². The summed E-state index contributed by atoms with van der Waals surface area (Å²) in [5.74, 6) is 0.163. The average molecular weight is 457 g/mol. The third-order valence-electron chi connectivity index (χ3n) is 6.76. The summed E-state index contributed by atoms with van der Waals surface area (Å²) < 4.78 is 6.65. The van der Waals surface area contributed by atoms with Crippen molar-refractivity contribution in [3.05, 3.63) is 118 Å². The maximum absolute atomic E-state index is 11.9. The molecule has 1 aliphatic heterocycles. The second-order valence-corrected chi connectivity index (χ2v) is 8.90. The number of piperidine rings is 1. The van der Waals surface area contributed by atoms with Gasteiger partial charge in [0.25, 0.3) is 0 Å². The molecule has 3 aromatic carbocycles. The fraction of sp³-hybridized carbons (Fsp3) is 0.250.